The van der Waals surface area contributed by atoms with Crippen molar-refractivity contribution in [2.45, 2.75) is 32.7 Å². The maximum absolute atomic E-state index is 12.5. The number of allylic oxidation sites excluding steroid dienone is 2. The Morgan fingerprint density at radius 1 is 1.19 bits per heavy atom. The van der Waals surface area contributed by atoms with Crippen molar-refractivity contribution >= 4 is 17.9 Å². The number of ketones is 1. The van der Waals surface area contributed by atoms with Crippen LogP contribution in [0.2, 0.25) is 0 Å². The van der Waals surface area contributed by atoms with Gasteiger partial charge in [-0.1, -0.05) is 42.5 Å². The van der Waals surface area contributed by atoms with Gasteiger partial charge in [0, 0.05) is 17.5 Å². The second-order valence-electron chi connectivity index (χ2n) is 7.69. The van der Waals surface area contributed by atoms with Crippen molar-refractivity contribution < 1.29 is 9.59 Å². The second-order valence-corrected chi connectivity index (χ2v) is 7.69. The van der Waals surface area contributed by atoms with E-state index < -0.39 is 5.92 Å². The molecular weight excluding hydrogens is 388 g/mol. The van der Waals surface area contributed by atoms with Crippen LogP contribution >= 0.6 is 0 Å². The van der Waals surface area contributed by atoms with Crippen LogP contribution in [0.1, 0.15) is 44.4 Å². The topological polar surface area (TPSA) is 76.3 Å². The number of amides is 1. The number of hydrazone groups is 1. The van der Waals surface area contributed by atoms with Crippen molar-refractivity contribution in [3.8, 4) is 0 Å². The molecule has 0 radical (unpaired) electrons. The molecule has 1 N–H and O–H groups in total. The lowest BCUT2D eigenvalue weighted by Crippen LogP contribution is -2.20. The molecule has 0 spiro atoms. The summed E-state index contributed by atoms with van der Waals surface area (Å²) >= 11 is 0. The minimum absolute atomic E-state index is 0.0450. The maximum Gasteiger partial charge on any atom is 0.271 e. The van der Waals surface area contributed by atoms with Crippen molar-refractivity contribution in [3.63, 3.8) is 0 Å². The van der Waals surface area contributed by atoms with Crippen molar-refractivity contribution in [1.29, 1.82) is 0 Å². The van der Waals surface area contributed by atoms with E-state index in [0.717, 1.165) is 28.1 Å². The Bertz CT molecular complexity index is 1170. The molecule has 1 amide bonds. The summed E-state index contributed by atoms with van der Waals surface area (Å²) in [5.41, 5.74) is 8.18. The summed E-state index contributed by atoms with van der Waals surface area (Å²) in [5, 5.41) is 8.54. The van der Waals surface area contributed by atoms with E-state index in [1.807, 2.05) is 67.1 Å². The predicted octanol–water partition coefficient (Wildman–Crippen LogP) is 3.73. The first-order valence-corrected chi connectivity index (χ1v) is 10.2. The summed E-state index contributed by atoms with van der Waals surface area (Å²) in [7, 11) is 0. The highest BCUT2D eigenvalue weighted by atomic mass is 16.2. The second kappa shape index (κ2) is 8.92. The Labute approximate surface area is 181 Å². The molecule has 1 aromatic heterocycles. The van der Waals surface area contributed by atoms with Gasteiger partial charge in [0.2, 0.25) is 0 Å². The smallest absolute Gasteiger partial charge is 0.271 e. The molecule has 2 aromatic carbocycles. The van der Waals surface area contributed by atoms with Crippen LogP contribution in [0.3, 0.4) is 0 Å². The standard InChI is InChI=1S/C25H24N4O2/c1-17-14-18(2)29(28-17)16-19-10-12-21(13-11-19)25(31)27-26-15-23-22-8-4-3-6-20(22)7-5-9-24(23)30/h3-6,8-15,23H,7,16H2,1-2H3,(H,27,31)/b26-15-. The molecule has 6 heteroatoms. The molecule has 1 aliphatic rings. The molecule has 31 heavy (non-hydrogen) atoms. The molecule has 6 nitrogen and oxygen atoms in total. The number of rotatable bonds is 5. The van der Waals surface area contributed by atoms with Gasteiger partial charge in [0.1, 0.15) is 0 Å². The van der Waals surface area contributed by atoms with Gasteiger partial charge in [-0.3, -0.25) is 14.3 Å². The van der Waals surface area contributed by atoms with Crippen LogP contribution in [0.4, 0.5) is 0 Å². The number of aryl methyl sites for hydroxylation is 2. The number of fused-ring (bicyclic) bond motifs is 1. The van der Waals surface area contributed by atoms with Gasteiger partial charge in [0.05, 0.1) is 18.2 Å². The van der Waals surface area contributed by atoms with Crippen LogP contribution in [-0.2, 0) is 17.8 Å². The van der Waals surface area contributed by atoms with Crippen molar-refractivity contribution in [1.82, 2.24) is 15.2 Å². The molecule has 1 aliphatic carbocycles. The average Bonchev–Trinajstić information content (AvgIpc) is 2.98. The normalized spacial score (nSPS) is 15.7. The van der Waals surface area contributed by atoms with Crippen LogP contribution in [0.25, 0.3) is 0 Å². The van der Waals surface area contributed by atoms with E-state index in [9.17, 15) is 9.59 Å². The minimum atomic E-state index is -0.501. The molecule has 0 fully saturated rings. The van der Waals surface area contributed by atoms with Crippen LogP contribution in [0.15, 0.2) is 71.9 Å². The number of nitrogens with one attached hydrogen (secondary N) is 1. The summed E-state index contributed by atoms with van der Waals surface area (Å²) in [6.45, 7) is 4.64. The molecule has 0 saturated carbocycles. The number of hydrogen-bond acceptors (Lipinski definition) is 4. The van der Waals surface area contributed by atoms with Gasteiger partial charge in [0.15, 0.2) is 5.78 Å². The van der Waals surface area contributed by atoms with Gasteiger partial charge >= 0.3 is 0 Å². The Balaban J connectivity index is 1.42. The highest BCUT2D eigenvalue weighted by Crippen LogP contribution is 2.24. The molecule has 0 bridgehead atoms. The largest absolute Gasteiger partial charge is 0.294 e. The highest BCUT2D eigenvalue weighted by Gasteiger charge is 2.21. The first kappa shape index (κ1) is 20.5. The van der Waals surface area contributed by atoms with E-state index in [2.05, 4.69) is 15.6 Å². The monoisotopic (exact) mass is 412 g/mol. The lowest BCUT2D eigenvalue weighted by atomic mass is 9.93. The molecule has 1 unspecified atom stereocenters. The molecule has 0 saturated heterocycles. The minimum Gasteiger partial charge on any atom is -0.294 e. The average molecular weight is 412 g/mol. The molecule has 156 valence electrons. The molecule has 4 rings (SSSR count). The summed E-state index contributed by atoms with van der Waals surface area (Å²) in [6, 6.07) is 17.2. The Morgan fingerprint density at radius 3 is 2.71 bits per heavy atom. The predicted molar refractivity (Wildman–Crippen MR) is 120 cm³/mol. The number of aromatic nitrogens is 2. The SMILES string of the molecule is Cc1cc(C)n(Cc2ccc(C(=O)N/N=C\C3C(=O)C=CCc4ccccc43)cc2)n1. The van der Waals surface area contributed by atoms with Gasteiger partial charge in [-0.15, -0.1) is 0 Å². The third-order valence-electron chi connectivity index (χ3n) is 5.36. The fraction of sp³-hybridized carbons (Fsp3) is 0.200. The zero-order chi connectivity index (χ0) is 21.8. The zero-order valence-electron chi connectivity index (χ0n) is 17.6. The highest BCUT2D eigenvalue weighted by molar-refractivity contribution is 6.07. The number of benzene rings is 2. The van der Waals surface area contributed by atoms with E-state index in [1.54, 1.807) is 18.2 Å². The number of hydrogen-bond donors (Lipinski definition) is 1. The number of carbonyl (C=O) groups excluding carboxylic acids is 2. The lowest BCUT2D eigenvalue weighted by molar-refractivity contribution is -0.114. The van der Waals surface area contributed by atoms with Gasteiger partial charge in [0.25, 0.3) is 5.91 Å². The molecular formula is C25H24N4O2. The first-order valence-electron chi connectivity index (χ1n) is 10.2. The van der Waals surface area contributed by atoms with E-state index in [0.29, 0.717) is 18.5 Å². The molecule has 1 atom stereocenters. The van der Waals surface area contributed by atoms with Gasteiger partial charge in [-0.05, 0) is 61.2 Å². The summed E-state index contributed by atoms with van der Waals surface area (Å²) in [5.74, 6) is -0.867. The number of nitrogens with zero attached hydrogens (tertiary/aromatic N) is 3. The Hall–Kier alpha value is -3.80. The van der Waals surface area contributed by atoms with Crippen molar-refractivity contribution in [2.75, 3.05) is 0 Å². The van der Waals surface area contributed by atoms with E-state index >= 15 is 0 Å². The molecule has 3 aromatic rings. The third-order valence-corrected chi connectivity index (χ3v) is 5.36. The fourth-order valence-corrected chi connectivity index (χ4v) is 3.74. The van der Waals surface area contributed by atoms with Crippen molar-refractivity contribution in [2.24, 2.45) is 5.10 Å². The fourth-order valence-electron chi connectivity index (χ4n) is 3.74. The van der Waals surface area contributed by atoms with Crippen LogP contribution < -0.4 is 5.43 Å². The van der Waals surface area contributed by atoms with Crippen LogP contribution in [-0.4, -0.2) is 27.7 Å². The molecule has 1 heterocycles. The maximum atomic E-state index is 12.5. The van der Waals surface area contributed by atoms with E-state index in [-0.39, 0.29) is 11.7 Å². The summed E-state index contributed by atoms with van der Waals surface area (Å²) in [4.78, 5) is 24.9. The molecule has 0 aliphatic heterocycles. The Kier molecular flexibility index (Phi) is 5.89. The zero-order valence-corrected chi connectivity index (χ0v) is 17.6. The van der Waals surface area contributed by atoms with E-state index in [1.165, 1.54) is 6.21 Å². The summed E-state index contributed by atoms with van der Waals surface area (Å²) in [6.07, 6.45) is 5.66. The number of carbonyl (C=O) groups is 2. The first-order chi connectivity index (χ1) is 15.0. The summed E-state index contributed by atoms with van der Waals surface area (Å²) < 4.78 is 1.94. The lowest BCUT2D eigenvalue weighted by Gasteiger charge is -2.11. The third kappa shape index (κ3) is 4.69. The van der Waals surface area contributed by atoms with Gasteiger partial charge in [-0.2, -0.15) is 10.2 Å². The van der Waals surface area contributed by atoms with Crippen molar-refractivity contribution in [3.05, 3.63) is 100 Å². The quantitative estimate of drug-likeness (QED) is 0.512. The van der Waals surface area contributed by atoms with Crippen LogP contribution in [0, 0.1) is 13.8 Å². The Morgan fingerprint density at radius 2 is 1.97 bits per heavy atom. The van der Waals surface area contributed by atoms with Gasteiger partial charge < -0.3 is 0 Å². The van der Waals surface area contributed by atoms with Crippen LogP contribution in [0.5, 0.6) is 0 Å². The van der Waals surface area contributed by atoms with Gasteiger partial charge in [-0.25, -0.2) is 5.43 Å². The van der Waals surface area contributed by atoms with E-state index in [4.69, 9.17) is 0 Å².